The van der Waals surface area contributed by atoms with Crippen molar-refractivity contribution in [3.8, 4) is 6.01 Å². The van der Waals surface area contributed by atoms with Crippen molar-refractivity contribution < 1.29 is 25.8 Å². The van der Waals surface area contributed by atoms with E-state index in [-0.39, 0.29) is 6.54 Å². The summed E-state index contributed by atoms with van der Waals surface area (Å²) in [5, 5.41) is 0. The van der Waals surface area contributed by atoms with Crippen LogP contribution < -0.4 is 4.18 Å². The van der Waals surface area contributed by atoms with Crippen molar-refractivity contribution in [2.75, 3.05) is 0 Å². The first kappa shape index (κ1) is 11.8. The topological polar surface area (TPSA) is 61.2 Å². The van der Waals surface area contributed by atoms with Crippen LogP contribution in [0.4, 0.5) is 13.2 Å². The van der Waals surface area contributed by atoms with Gasteiger partial charge < -0.3 is 8.75 Å². The molecule has 0 aliphatic carbocycles. The molecular weight excluding hydrogens is 237 g/mol. The van der Waals surface area contributed by atoms with Gasteiger partial charge in [-0.2, -0.15) is 21.6 Å². The molecule has 86 valence electrons. The van der Waals surface area contributed by atoms with Gasteiger partial charge in [-0.15, -0.1) is 0 Å². The van der Waals surface area contributed by atoms with E-state index in [1.807, 2.05) is 0 Å². The molecule has 0 spiro atoms. The number of halogens is 3. The molecule has 0 bridgehead atoms. The SMILES string of the molecule is CCn1ccnc1OS(=O)(=O)C(F)(F)F. The molecule has 0 aliphatic heterocycles. The Kier molecular flexibility index (Phi) is 2.93. The first-order chi connectivity index (χ1) is 6.78. The summed E-state index contributed by atoms with van der Waals surface area (Å²) >= 11 is 0. The summed E-state index contributed by atoms with van der Waals surface area (Å²) in [7, 11) is -5.64. The highest BCUT2D eigenvalue weighted by atomic mass is 32.2. The fourth-order valence-corrected chi connectivity index (χ4v) is 1.20. The van der Waals surface area contributed by atoms with E-state index in [9.17, 15) is 21.6 Å². The predicted octanol–water partition coefficient (Wildman–Crippen LogP) is 1.13. The van der Waals surface area contributed by atoms with Crippen molar-refractivity contribution in [1.29, 1.82) is 0 Å². The molecule has 1 aromatic heterocycles. The second kappa shape index (κ2) is 3.72. The molecule has 0 aromatic carbocycles. The van der Waals surface area contributed by atoms with E-state index in [4.69, 9.17) is 0 Å². The molecule has 0 atom stereocenters. The number of nitrogens with zero attached hydrogens (tertiary/aromatic N) is 2. The van der Waals surface area contributed by atoms with Crippen LogP contribution in [0.2, 0.25) is 0 Å². The lowest BCUT2D eigenvalue weighted by Crippen LogP contribution is -2.29. The molecule has 9 heteroatoms. The third kappa shape index (κ3) is 2.41. The molecule has 1 rings (SSSR count). The van der Waals surface area contributed by atoms with Gasteiger partial charge in [-0.25, -0.2) is 4.98 Å². The molecule has 5 nitrogen and oxygen atoms in total. The van der Waals surface area contributed by atoms with E-state index >= 15 is 0 Å². The highest BCUT2D eigenvalue weighted by molar-refractivity contribution is 7.87. The third-order valence-corrected chi connectivity index (χ3v) is 2.42. The Morgan fingerprint density at radius 1 is 1.53 bits per heavy atom. The molecule has 0 aliphatic rings. The molecule has 0 amide bonds. The van der Waals surface area contributed by atoms with Crippen LogP contribution in [0.5, 0.6) is 6.01 Å². The van der Waals surface area contributed by atoms with Gasteiger partial charge in [-0.3, -0.25) is 0 Å². The predicted molar refractivity (Wildman–Crippen MR) is 43.5 cm³/mol. The molecule has 0 N–H and O–H groups in total. The van der Waals surface area contributed by atoms with Gasteiger partial charge in [0.2, 0.25) is 0 Å². The zero-order valence-electron chi connectivity index (χ0n) is 7.52. The summed E-state index contributed by atoms with van der Waals surface area (Å²) in [6, 6.07) is -0.602. The maximum atomic E-state index is 11.9. The number of alkyl halides is 3. The number of imidazole rings is 1. The van der Waals surface area contributed by atoms with Gasteiger partial charge in [0.15, 0.2) is 0 Å². The fourth-order valence-electron chi connectivity index (χ4n) is 0.771. The van der Waals surface area contributed by atoms with E-state index in [0.29, 0.717) is 0 Å². The largest absolute Gasteiger partial charge is 0.534 e. The van der Waals surface area contributed by atoms with Crippen LogP contribution in [0.3, 0.4) is 0 Å². The lowest BCUT2D eigenvalue weighted by molar-refractivity contribution is -0.0503. The Labute approximate surface area is 83.6 Å². The van der Waals surface area contributed by atoms with E-state index in [1.165, 1.54) is 6.20 Å². The molecule has 0 fully saturated rings. The summed E-state index contributed by atoms with van der Waals surface area (Å²) in [4.78, 5) is 3.35. The van der Waals surface area contributed by atoms with Gasteiger partial charge in [-0.05, 0) is 6.92 Å². The third-order valence-electron chi connectivity index (χ3n) is 1.49. The zero-order valence-corrected chi connectivity index (χ0v) is 8.34. The Bertz CT molecular complexity index is 437. The van der Waals surface area contributed by atoms with Crippen LogP contribution in [-0.4, -0.2) is 23.5 Å². The maximum Gasteiger partial charge on any atom is 0.534 e. The van der Waals surface area contributed by atoms with Crippen molar-refractivity contribution in [3.63, 3.8) is 0 Å². The van der Waals surface area contributed by atoms with Crippen LogP contribution in [0.1, 0.15) is 6.92 Å². The highest BCUT2D eigenvalue weighted by Crippen LogP contribution is 2.25. The number of hydrogen-bond acceptors (Lipinski definition) is 4. The van der Waals surface area contributed by atoms with Crippen molar-refractivity contribution in [1.82, 2.24) is 9.55 Å². The summed E-state index contributed by atoms with van der Waals surface area (Å²) in [5.74, 6) is 0. The van der Waals surface area contributed by atoms with Crippen molar-refractivity contribution in [3.05, 3.63) is 12.4 Å². The summed E-state index contributed by atoms with van der Waals surface area (Å²) in [5.41, 5.74) is -5.45. The monoisotopic (exact) mass is 244 g/mol. The number of aryl methyl sites for hydroxylation is 1. The Balaban J connectivity index is 2.97. The van der Waals surface area contributed by atoms with Crippen LogP contribution >= 0.6 is 0 Å². The first-order valence-electron chi connectivity index (χ1n) is 3.80. The van der Waals surface area contributed by atoms with Gasteiger partial charge in [0.1, 0.15) is 0 Å². The lowest BCUT2D eigenvalue weighted by atomic mass is 10.7. The maximum absolute atomic E-state index is 11.9. The molecule has 1 heterocycles. The van der Waals surface area contributed by atoms with Crippen LogP contribution in [0, 0.1) is 0 Å². The van der Waals surface area contributed by atoms with Crippen LogP contribution in [0.25, 0.3) is 0 Å². The van der Waals surface area contributed by atoms with Crippen LogP contribution in [-0.2, 0) is 16.7 Å². The minimum atomic E-state index is -5.64. The standard InChI is InChI=1S/C6H7F3N2O3S/c1-2-11-4-3-10-5(11)14-15(12,13)6(7,8)9/h3-4H,2H2,1H3. The number of aromatic nitrogens is 2. The average molecular weight is 244 g/mol. The zero-order chi connectivity index (χ0) is 11.7. The molecule has 0 radical (unpaired) electrons. The van der Waals surface area contributed by atoms with E-state index in [0.717, 1.165) is 10.8 Å². The summed E-state index contributed by atoms with van der Waals surface area (Å²) < 4.78 is 61.9. The Hall–Kier alpha value is -1.25. The van der Waals surface area contributed by atoms with Gasteiger partial charge >= 0.3 is 21.6 Å². The van der Waals surface area contributed by atoms with Gasteiger partial charge in [0, 0.05) is 18.9 Å². The molecule has 1 aromatic rings. The van der Waals surface area contributed by atoms with E-state index < -0.39 is 21.6 Å². The average Bonchev–Trinajstić information content (AvgIpc) is 2.48. The molecule has 15 heavy (non-hydrogen) atoms. The lowest BCUT2D eigenvalue weighted by Gasteiger charge is -2.09. The second-order valence-electron chi connectivity index (χ2n) is 2.48. The molecule has 0 saturated carbocycles. The van der Waals surface area contributed by atoms with Gasteiger partial charge in [0.05, 0.1) is 0 Å². The van der Waals surface area contributed by atoms with Crippen LogP contribution in [0.15, 0.2) is 12.4 Å². The normalized spacial score (nSPS) is 12.8. The second-order valence-corrected chi connectivity index (χ2v) is 4.02. The van der Waals surface area contributed by atoms with Gasteiger partial charge in [-0.1, -0.05) is 0 Å². The van der Waals surface area contributed by atoms with Crippen molar-refractivity contribution in [2.24, 2.45) is 0 Å². The summed E-state index contributed by atoms with van der Waals surface area (Å²) in [6.07, 6.45) is 2.45. The quantitative estimate of drug-likeness (QED) is 0.590. The molecule has 0 saturated heterocycles. The Morgan fingerprint density at radius 3 is 2.60 bits per heavy atom. The minimum Gasteiger partial charge on any atom is -0.338 e. The van der Waals surface area contributed by atoms with E-state index in [1.54, 1.807) is 6.92 Å². The van der Waals surface area contributed by atoms with Crippen molar-refractivity contribution >= 4 is 10.1 Å². The first-order valence-corrected chi connectivity index (χ1v) is 5.20. The summed E-state index contributed by atoms with van der Waals surface area (Å²) in [6.45, 7) is 1.86. The molecule has 0 unspecified atom stereocenters. The van der Waals surface area contributed by atoms with Crippen molar-refractivity contribution in [2.45, 2.75) is 19.0 Å². The molecular formula is C6H7F3N2O3S. The smallest absolute Gasteiger partial charge is 0.338 e. The van der Waals surface area contributed by atoms with E-state index in [2.05, 4.69) is 9.17 Å². The Morgan fingerprint density at radius 2 is 2.13 bits per heavy atom. The number of hydrogen-bond donors (Lipinski definition) is 0. The fraction of sp³-hybridized carbons (Fsp3) is 0.500. The number of rotatable bonds is 3. The highest BCUT2D eigenvalue weighted by Gasteiger charge is 2.49. The van der Waals surface area contributed by atoms with Gasteiger partial charge in [0.25, 0.3) is 0 Å². The minimum absolute atomic E-state index is 0.253.